The Hall–Kier alpha value is -1.24. The van der Waals surface area contributed by atoms with E-state index in [1.807, 2.05) is 0 Å². The zero-order chi connectivity index (χ0) is 14.6. The quantitative estimate of drug-likeness (QED) is 0.814. The lowest BCUT2D eigenvalue weighted by molar-refractivity contribution is -0.274. The number of rotatable bonds is 5. The van der Waals surface area contributed by atoms with Crippen molar-refractivity contribution in [3.05, 3.63) is 22.7 Å². The monoisotopic (exact) mass is 340 g/mol. The van der Waals surface area contributed by atoms with Crippen LogP contribution in [0, 0.1) is 5.92 Å². The molecule has 1 rings (SSSR count). The van der Waals surface area contributed by atoms with Crippen molar-refractivity contribution >= 4 is 21.7 Å². The van der Waals surface area contributed by atoms with Gasteiger partial charge in [0.15, 0.2) is 5.78 Å². The molecule has 3 nitrogen and oxygen atoms in total. The number of ether oxygens (including phenoxy) is 2. The summed E-state index contributed by atoms with van der Waals surface area (Å²) in [6.07, 6.45) is -4.75. The molecule has 0 aliphatic heterocycles. The smallest absolute Gasteiger partial charge is 0.486 e. The Morgan fingerprint density at radius 2 is 2.00 bits per heavy atom. The maximum Gasteiger partial charge on any atom is 0.573 e. The minimum Gasteiger partial charge on any atom is -0.486 e. The minimum absolute atomic E-state index is 0.0910. The van der Waals surface area contributed by atoms with Gasteiger partial charge in [-0.1, -0.05) is 13.8 Å². The SMILES string of the molecule is CC(C)C(=O)COc1ccc(OC(F)(F)F)c(Br)c1. The molecule has 0 fully saturated rings. The molecule has 0 amide bonds. The first-order valence-corrected chi connectivity index (χ1v) is 6.19. The van der Waals surface area contributed by atoms with Crippen LogP contribution < -0.4 is 9.47 Å². The highest BCUT2D eigenvalue weighted by Gasteiger charge is 2.32. The molecule has 0 bridgehead atoms. The first-order chi connectivity index (χ1) is 8.69. The van der Waals surface area contributed by atoms with Gasteiger partial charge in [-0.3, -0.25) is 4.79 Å². The Morgan fingerprint density at radius 1 is 1.37 bits per heavy atom. The van der Waals surface area contributed by atoms with Crippen LogP contribution in [0.3, 0.4) is 0 Å². The van der Waals surface area contributed by atoms with Gasteiger partial charge >= 0.3 is 6.36 Å². The molecule has 7 heteroatoms. The highest BCUT2D eigenvalue weighted by atomic mass is 79.9. The number of carbonyl (C=O) groups is 1. The Bertz CT molecular complexity index is 458. The van der Waals surface area contributed by atoms with Crippen LogP contribution in [0.1, 0.15) is 13.8 Å². The first kappa shape index (κ1) is 15.8. The molecule has 0 aromatic heterocycles. The Labute approximate surface area is 116 Å². The van der Waals surface area contributed by atoms with Gasteiger partial charge in [-0.2, -0.15) is 0 Å². The molecule has 0 spiro atoms. The van der Waals surface area contributed by atoms with Gasteiger partial charge in [-0.05, 0) is 34.1 Å². The number of hydrogen-bond acceptors (Lipinski definition) is 3. The second kappa shape index (κ2) is 6.27. The maximum absolute atomic E-state index is 12.0. The van der Waals surface area contributed by atoms with Crippen molar-refractivity contribution in [1.29, 1.82) is 0 Å². The summed E-state index contributed by atoms with van der Waals surface area (Å²) in [6, 6.07) is 3.74. The highest BCUT2D eigenvalue weighted by molar-refractivity contribution is 9.10. The van der Waals surface area contributed by atoms with Gasteiger partial charge in [0.05, 0.1) is 4.47 Å². The van der Waals surface area contributed by atoms with E-state index in [9.17, 15) is 18.0 Å². The summed E-state index contributed by atoms with van der Waals surface area (Å²) in [7, 11) is 0. The van der Waals surface area contributed by atoms with Crippen molar-refractivity contribution in [2.75, 3.05) is 6.61 Å². The highest BCUT2D eigenvalue weighted by Crippen LogP contribution is 2.33. The topological polar surface area (TPSA) is 35.5 Å². The molecule has 106 valence electrons. The van der Waals surface area contributed by atoms with Gasteiger partial charge in [-0.25, -0.2) is 0 Å². The Morgan fingerprint density at radius 3 is 2.47 bits per heavy atom. The van der Waals surface area contributed by atoms with Crippen LogP contribution in [0.2, 0.25) is 0 Å². The predicted molar refractivity (Wildman–Crippen MR) is 66.2 cm³/mol. The molecule has 0 saturated carbocycles. The van der Waals surface area contributed by atoms with E-state index in [4.69, 9.17) is 4.74 Å². The lowest BCUT2D eigenvalue weighted by Gasteiger charge is -2.12. The van der Waals surface area contributed by atoms with Crippen molar-refractivity contribution in [3.8, 4) is 11.5 Å². The molecule has 0 aliphatic rings. The number of carbonyl (C=O) groups excluding carboxylic acids is 1. The zero-order valence-electron chi connectivity index (χ0n) is 10.3. The van der Waals surface area contributed by atoms with Crippen LogP contribution in [0.25, 0.3) is 0 Å². The normalized spacial score (nSPS) is 11.5. The zero-order valence-corrected chi connectivity index (χ0v) is 11.8. The fourth-order valence-corrected chi connectivity index (χ4v) is 1.54. The van der Waals surface area contributed by atoms with Crippen LogP contribution in [0.5, 0.6) is 11.5 Å². The number of hydrogen-bond donors (Lipinski definition) is 0. The number of Topliss-reactive ketones (excluding diaryl/α,β-unsaturated/α-hetero) is 1. The van der Waals surface area contributed by atoms with Crippen molar-refractivity contribution in [2.45, 2.75) is 20.2 Å². The van der Waals surface area contributed by atoms with Crippen molar-refractivity contribution in [1.82, 2.24) is 0 Å². The largest absolute Gasteiger partial charge is 0.573 e. The predicted octanol–water partition coefficient (Wildman–Crippen LogP) is 3.95. The van der Waals surface area contributed by atoms with Crippen LogP contribution in [-0.4, -0.2) is 18.8 Å². The second-order valence-corrected chi connectivity index (χ2v) is 4.90. The van der Waals surface area contributed by atoms with Gasteiger partial charge in [0.1, 0.15) is 18.1 Å². The van der Waals surface area contributed by atoms with E-state index in [0.717, 1.165) is 6.07 Å². The average Bonchev–Trinajstić information content (AvgIpc) is 2.27. The van der Waals surface area contributed by atoms with E-state index >= 15 is 0 Å². The summed E-state index contributed by atoms with van der Waals surface area (Å²) in [5.41, 5.74) is 0. The molecular weight excluding hydrogens is 329 g/mol. The lowest BCUT2D eigenvalue weighted by Crippen LogP contribution is -2.18. The van der Waals surface area contributed by atoms with E-state index in [2.05, 4.69) is 20.7 Å². The maximum atomic E-state index is 12.0. The lowest BCUT2D eigenvalue weighted by atomic mass is 10.1. The summed E-state index contributed by atoms with van der Waals surface area (Å²) < 4.78 is 45.2. The first-order valence-electron chi connectivity index (χ1n) is 5.40. The van der Waals surface area contributed by atoms with Gasteiger partial charge in [0.25, 0.3) is 0 Å². The van der Waals surface area contributed by atoms with Crippen molar-refractivity contribution in [2.24, 2.45) is 5.92 Å². The van der Waals surface area contributed by atoms with Gasteiger partial charge in [0.2, 0.25) is 0 Å². The average molecular weight is 341 g/mol. The fourth-order valence-electron chi connectivity index (χ4n) is 1.10. The van der Waals surface area contributed by atoms with Crippen LogP contribution in [0.15, 0.2) is 22.7 Å². The molecule has 0 aliphatic carbocycles. The van der Waals surface area contributed by atoms with E-state index in [1.54, 1.807) is 13.8 Å². The molecule has 0 radical (unpaired) electrons. The molecule has 1 aromatic rings. The molecule has 1 aromatic carbocycles. The van der Waals surface area contributed by atoms with Crippen LogP contribution in [0.4, 0.5) is 13.2 Å². The number of halogens is 4. The third kappa shape index (κ3) is 5.50. The third-order valence-corrected chi connectivity index (χ3v) is 2.77. The van der Waals surface area contributed by atoms with E-state index in [-0.39, 0.29) is 34.3 Å². The standard InChI is InChI=1S/C12H12BrF3O3/c1-7(2)10(17)6-18-8-3-4-11(9(13)5-8)19-12(14,15)16/h3-5,7H,6H2,1-2H3. The Kier molecular flexibility index (Phi) is 5.22. The summed E-state index contributed by atoms with van der Waals surface area (Å²) in [4.78, 5) is 11.3. The van der Waals surface area contributed by atoms with Gasteiger partial charge < -0.3 is 9.47 Å². The van der Waals surface area contributed by atoms with Crippen molar-refractivity contribution in [3.63, 3.8) is 0 Å². The van der Waals surface area contributed by atoms with E-state index in [1.165, 1.54) is 12.1 Å². The van der Waals surface area contributed by atoms with E-state index in [0.29, 0.717) is 0 Å². The number of benzene rings is 1. The number of alkyl halides is 3. The third-order valence-electron chi connectivity index (χ3n) is 2.15. The molecule has 0 unspecified atom stereocenters. The van der Waals surface area contributed by atoms with Crippen molar-refractivity contribution < 1.29 is 27.4 Å². The molecule has 0 atom stereocenters. The fraction of sp³-hybridized carbons (Fsp3) is 0.417. The summed E-state index contributed by atoms with van der Waals surface area (Å²) in [5.74, 6) is -0.326. The summed E-state index contributed by atoms with van der Waals surface area (Å²) >= 11 is 2.95. The minimum atomic E-state index is -4.75. The van der Waals surface area contributed by atoms with Gasteiger partial charge in [0, 0.05) is 5.92 Å². The molecule has 19 heavy (non-hydrogen) atoms. The van der Waals surface area contributed by atoms with Gasteiger partial charge in [-0.15, -0.1) is 13.2 Å². The summed E-state index contributed by atoms with van der Waals surface area (Å²) in [5, 5.41) is 0. The molecule has 0 heterocycles. The summed E-state index contributed by atoms with van der Waals surface area (Å²) in [6.45, 7) is 3.35. The van der Waals surface area contributed by atoms with E-state index < -0.39 is 6.36 Å². The van der Waals surface area contributed by atoms with Crippen LogP contribution >= 0.6 is 15.9 Å². The second-order valence-electron chi connectivity index (χ2n) is 4.05. The van der Waals surface area contributed by atoms with Crippen LogP contribution in [-0.2, 0) is 4.79 Å². The Balaban J connectivity index is 2.69. The molecule has 0 N–H and O–H groups in total. The molecule has 0 saturated heterocycles. The number of ketones is 1. The molecular formula is C12H12BrF3O3.